The highest BCUT2D eigenvalue weighted by Crippen LogP contribution is 2.76. The summed E-state index contributed by atoms with van der Waals surface area (Å²) in [5.41, 5.74) is -2.42. The first-order valence-corrected chi connectivity index (χ1v) is 23.1. The highest BCUT2D eigenvalue weighted by Gasteiger charge is 2.70. The summed E-state index contributed by atoms with van der Waals surface area (Å²) in [5.74, 6) is -1.81. The van der Waals surface area contributed by atoms with Crippen molar-refractivity contribution in [3.05, 3.63) is 11.6 Å². The van der Waals surface area contributed by atoms with Gasteiger partial charge in [0, 0.05) is 0 Å². The lowest BCUT2D eigenvalue weighted by Gasteiger charge is -2.71. The van der Waals surface area contributed by atoms with Gasteiger partial charge >= 0.3 is 11.9 Å². The monoisotopic (exact) mass is 896 g/mol. The van der Waals surface area contributed by atoms with E-state index in [2.05, 4.69) is 54.5 Å². The lowest BCUT2D eigenvalue weighted by atomic mass is 9.33. The molecular weight excluding hydrogens is 824 g/mol. The Morgan fingerprint density at radius 3 is 2.10 bits per heavy atom. The smallest absolute Gasteiger partial charge is 0.335 e. The number of hydrogen-bond acceptors (Lipinski definition) is 15. The number of carboxylic acid groups (broad SMARTS) is 2. The van der Waals surface area contributed by atoms with Crippen LogP contribution in [0.4, 0.5) is 0 Å². The Morgan fingerprint density at radius 1 is 0.762 bits per heavy atom. The summed E-state index contributed by atoms with van der Waals surface area (Å²) in [6.45, 7) is 14.2. The molecule has 3 aliphatic heterocycles. The van der Waals surface area contributed by atoms with Crippen LogP contribution in [0.15, 0.2) is 11.6 Å². The topological polar surface area (TPSA) is 272 Å². The van der Waals surface area contributed by atoms with E-state index in [1.165, 1.54) is 5.57 Å². The van der Waals surface area contributed by atoms with E-state index >= 15 is 0 Å². The number of carbonyl (C=O) groups is 2. The van der Waals surface area contributed by atoms with Gasteiger partial charge in [-0.2, -0.15) is 0 Å². The number of fused-ring (bicyclic) bond motifs is 7. The van der Waals surface area contributed by atoms with Crippen molar-refractivity contribution in [1.82, 2.24) is 0 Å². The highest BCUT2D eigenvalue weighted by atomic mass is 16.8. The van der Waals surface area contributed by atoms with E-state index < -0.39 is 122 Å². The predicted octanol–water partition coefficient (Wildman–Crippen LogP) is 2.08. The Balaban J connectivity index is 1.07. The van der Waals surface area contributed by atoms with E-state index in [1.807, 2.05) is 0 Å². The maximum absolute atomic E-state index is 13.1. The molecule has 0 bridgehead atoms. The first-order chi connectivity index (χ1) is 29.3. The summed E-state index contributed by atoms with van der Waals surface area (Å²) in [7, 11) is 0. The van der Waals surface area contributed by atoms with E-state index in [0.717, 1.165) is 44.9 Å². The average Bonchev–Trinajstić information content (AvgIpc) is 3.49. The molecule has 0 aromatic rings. The van der Waals surface area contributed by atoms with Gasteiger partial charge in [0.05, 0.1) is 31.3 Å². The van der Waals surface area contributed by atoms with Gasteiger partial charge in [-0.15, -0.1) is 0 Å². The molecule has 358 valence electrons. The summed E-state index contributed by atoms with van der Waals surface area (Å²) in [6.07, 6.45) is -9.15. The average molecular weight is 897 g/mol. The van der Waals surface area contributed by atoms with Crippen molar-refractivity contribution in [2.75, 3.05) is 19.8 Å². The first kappa shape index (κ1) is 47.6. The van der Waals surface area contributed by atoms with Gasteiger partial charge in [-0.05, 0) is 109 Å². The molecular formula is C46H72O17. The maximum atomic E-state index is 13.1. The van der Waals surface area contributed by atoms with Crippen molar-refractivity contribution < 1.29 is 84.0 Å². The standard InChI is InChI=1S/C46H72O17/c1-40(2)14-16-45(39(55)56)17-15-43(6)22(23(45)18-40)8-9-26-42(5)12-11-27(41(3,4)25(42)10-13-44(26,43)7)60-37-32(62-36-29(50)28(49)24(48)19-58-36)30(51)31(33(63-37)35(53)54)61-38-34(52)46(57,20-47)21-59-38/h8,23-34,36-38,47-52,57H,9-21H2,1-7H3,(H,53,54)(H,55,56). The zero-order valence-corrected chi connectivity index (χ0v) is 37.7. The molecule has 63 heavy (non-hydrogen) atoms. The van der Waals surface area contributed by atoms with Crippen LogP contribution in [0.1, 0.15) is 113 Å². The zero-order valence-electron chi connectivity index (χ0n) is 37.7. The molecule has 8 rings (SSSR count). The zero-order chi connectivity index (χ0) is 46.0. The first-order valence-electron chi connectivity index (χ1n) is 23.1. The molecule has 0 amide bonds. The molecule has 0 aromatic carbocycles. The number of aliphatic carboxylic acids is 2. The fourth-order valence-corrected chi connectivity index (χ4v) is 14.6. The Kier molecular flexibility index (Phi) is 12.2. The normalized spacial score (nSPS) is 52.7. The van der Waals surface area contributed by atoms with Crippen molar-refractivity contribution in [1.29, 1.82) is 0 Å². The lowest BCUT2D eigenvalue weighted by molar-refractivity contribution is -0.375. The van der Waals surface area contributed by atoms with Gasteiger partial charge in [-0.25, -0.2) is 4.79 Å². The summed E-state index contributed by atoms with van der Waals surface area (Å²) in [6, 6.07) is 0. The summed E-state index contributed by atoms with van der Waals surface area (Å²) >= 11 is 0. The highest BCUT2D eigenvalue weighted by molar-refractivity contribution is 5.76. The van der Waals surface area contributed by atoms with Crippen molar-refractivity contribution in [2.45, 2.75) is 192 Å². The largest absolute Gasteiger partial charge is 0.481 e. The number of hydrogen-bond donors (Lipinski definition) is 9. The van der Waals surface area contributed by atoms with Gasteiger partial charge in [-0.1, -0.05) is 60.1 Å². The summed E-state index contributed by atoms with van der Waals surface area (Å²) in [4.78, 5) is 26.0. The quantitative estimate of drug-likeness (QED) is 0.118. The van der Waals surface area contributed by atoms with Crippen LogP contribution in [0.3, 0.4) is 0 Å². The van der Waals surface area contributed by atoms with Gasteiger partial charge in [0.2, 0.25) is 0 Å². The van der Waals surface area contributed by atoms with E-state index in [0.29, 0.717) is 19.3 Å². The van der Waals surface area contributed by atoms with Crippen LogP contribution in [-0.2, 0) is 38.0 Å². The van der Waals surface area contributed by atoms with Crippen molar-refractivity contribution in [2.24, 2.45) is 50.2 Å². The van der Waals surface area contributed by atoms with Gasteiger partial charge < -0.3 is 74.4 Å². The SMILES string of the molecule is CC1(C)CCC2(C(=O)O)CCC3(C)C(=CCC4C5(C)CCC(OC6OC(C(=O)O)C(OC7OCC(O)(CO)C7O)C(O)C6OC6OCC(O)C(O)C6O)C(C)(C)C5CCC43C)C2C1. The molecule has 0 spiro atoms. The maximum Gasteiger partial charge on any atom is 0.335 e. The van der Waals surface area contributed by atoms with Gasteiger partial charge in [-0.3, -0.25) is 4.79 Å². The van der Waals surface area contributed by atoms with Gasteiger partial charge in [0.1, 0.15) is 48.3 Å². The van der Waals surface area contributed by atoms with Crippen LogP contribution >= 0.6 is 0 Å². The molecule has 8 aliphatic rings. The van der Waals surface area contributed by atoms with Crippen LogP contribution in [0.5, 0.6) is 0 Å². The molecule has 5 aliphatic carbocycles. The number of aliphatic hydroxyl groups is 7. The predicted molar refractivity (Wildman–Crippen MR) is 219 cm³/mol. The molecule has 3 heterocycles. The Hall–Kier alpha value is -1.84. The minimum Gasteiger partial charge on any atom is -0.481 e. The van der Waals surface area contributed by atoms with Crippen LogP contribution in [-0.4, -0.2) is 157 Å². The van der Waals surface area contributed by atoms with Crippen molar-refractivity contribution in [3.63, 3.8) is 0 Å². The van der Waals surface area contributed by atoms with Crippen LogP contribution in [0.25, 0.3) is 0 Å². The second kappa shape index (κ2) is 16.2. The fourth-order valence-electron chi connectivity index (χ4n) is 14.6. The molecule has 17 nitrogen and oxygen atoms in total. The number of aliphatic hydroxyl groups excluding tert-OH is 6. The lowest BCUT2D eigenvalue weighted by Crippen LogP contribution is -2.67. The molecule has 0 radical (unpaired) electrons. The second-order valence-electron chi connectivity index (χ2n) is 22.8. The molecule has 20 atom stereocenters. The van der Waals surface area contributed by atoms with E-state index in [-0.39, 0.29) is 39.4 Å². The van der Waals surface area contributed by atoms with E-state index in [4.69, 9.17) is 28.4 Å². The minimum absolute atomic E-state index is 0.00463. The van der Waals surface area contributed by atoms with Crippen LogP contribution in [0.2, 0.25) is 0 Å². The number of carboxylic acids is 2. The third-order valence-electron chi connectivity index (χ3n) is 18.7. The molecule has 7 fully saturated rings. The third-order valence-corrected chi connectivity index (χ3v) is 18.7. The number of ether oxygens (including phenoxy) is 6. The minimum atomic E-state index is -2.12. The van der Waals surface area contributed by atoms with E-state index in [9.17, 15) is 55.5 Å². The van der Waals surface area contributed by atoms with Crippen LogP contribution in [0, 0.1) is 50.2 Å². The third kappa shape index (κ3) is 7.28. The Morgan fingerprint density at radius 2 is 1.44 bits per heavy atom. The Bertz CT molecular complexity index is 1790. The van der Waals surface area contributed by atoms with Crippen molar-refractivity contribution in [3.8, 4) is 0 Å². The fraction of sp³-hybridized carbons (Fsp3) is 0.913. The second-order valence-corrected chi connectivity index (χ2v) is 22.8. The number of rotatable bonds is 9. The number of allylic oxidation sites excluding steroid dienone is 2. The molecule has 3 saturated heterocycles. The molecule has 0 aromatic heterocycles. The summed E-state index contributed by atoms with van der Waals surface area (Å²) in [5, 5.41) is 95.7. The van der Waals surface area contributed by atoms with Gasteiger partial charge in [0.15, 0.2) is 25.0 Å². The van der Waals surface area contributed by atoms with Crippen molar-refractivity contribution >= 4 is 11.9 Å². The summed E-state index contributed by atoms with van der Waals surface area (Å²) < 4.78 is 35.7. The van der Waals surface area contributed by atoms with Crippen LogP contribution < -0.4 is 0 Å². The Labute approximate surface area is 369 Å². The molecule has 9 N–H and O–H groups in total. The van der Waals surface area contributed by atoms with E-state index in [1.54, 1.807) is 0 Å². The molecule has 20 unspecified atom stereocenters. The molecule has 4 saturated carbocycles. The molecule has 17 heteroatoms. The van der Waals surface area contributed by atoms with Gasteiger partial charge in [0.25, 0.3) is 0 Å².